The van der Waals surface area contributed by atoms with Crippen molar-refractivity contribution in [3.05, 3.63) is 71.4 Å². The molecule has 6 nitrogen and oxygen atoms in total. The Kier molecular flexibility index (Phi) is 4.51. The highest BCUT2D eigenvalue weighted by Gasteiger charge is 2.21. The molecule has 0 atom stereocenters. The van der Waals surface area contributed by atoms with Crippen LogP contribution in [0.15, 0.2) is 42.7 Å². The topological polar surface area (TPSA) is 87.1 Å². The van der Waals surface area contributed by atoms with Gasteiger partial charge in [0.05, 0.1) is 35.4 Å². The van der Waals surface area contributed by atoms with Gasteiger partial charge in [0, 0.05) is 22.8 Å². The van der Waals surface area contributed by atoms with E-state index in [1.54, 1.807) is 19.9 Å². The van der Waals surface area contributed by atoms with E-state index in [0.29, 0.717) is 23.0 Å². The Balaban J connectivity index is 1.89. The molecule has 0 saturated carbocycles. The first-order valence-electron chi connectivity index (χ1n) is 8.82. The Morgan fingerprint density at radius 1 is 1.07 bits per heavy atom. The van der Waals surface area contributed by atoms with E-state index in [0.717, 1.165) is 12.1 Å². The van der Waals surface area contributed by atoms with E-state index in [4.69, 9.17) is 0 Å². The Morgan fingerprint density at radius 2 is 1.83 bits per heavy atom. The van der Waals surface area contributed by atoms with Crippen LogP contribution in [0.5, 0.6) is 0 Å². The predicted molar refractivity (Wildman–Crippen MR) is 101 cm³/mol. The summed E-state index contributed by atoms with van der Waals surface area (Å²) in [5.41, 5.74) is -0.883. The highest BCUT2D eigenvalue weighted by molar-refractivity contribution is 5.76. The third kappa shape index (κ3) is 3.27. The summed E-state index contributed by atoms with van der Waals surface area (Å²) in [7, 11) is 0. The van der Waals surface area contributed by atoms with Crippen molar-refractivity contribution >= 4 is 5.78 Å². The molecule has 2 aromatic carbocycles. The van der Waals surface area contributed by atoms with E-state index in [-0.39, 0.29) is 22.5 Å². The van der Waals surface area contributed by atoms with Crippen molar-refractivity contribution in [2.24, 2.45) is 0 Å². The third-order valence-corrected chi connectivity index (χ3v) is 4.57. The molecular formula is C21H14F3N5O. The SMILES string of the molecule is CC(C)(O)c1cnn2c(-c3ccc(F)c(-c4c(F)cc(F)cc4C#N)c3)cnc2n1. The molecule has 0 amide bonds. The van der Waals surface area contributed by atoms with Gasteiger partial charge in [-0.2, -0.15) is 14.9 Å². The smallest absolute Gasteiger partial charge is 0.251 e. The van der Waals surface area contributed by atoms with Crippen molar-refractivity contribution in [3.63, 3.8) is 0 Å². The summed E-state index contributed by atoms with van der Waals surface area (Å²) in [5, 5.41) is 23.6. The molecule has 0 aliphatic rings. The van der Waals surface area contributed by atoms with E-state index < -0.39 is 23.1 Å². The zero-order valence-corrected chi connectivity index (χ0v) is 15.9. The molecule has 9 heteroatoms. The molecule has 0 radical (unpaired) electrons. The molecule has 4 rings (SSSR count). The number of benzene rings is 2. The average molecular weight is 409 g/mol. The maximum atomic E-state index is 14.5. The van der Waals surface area contributed by atoms with Crippen LogP contribution in [0.2, 0.25) is 0 Å². The molecule has 0 aliphatic carbocycles. The lowest BCUT2D eigenvalue weighted by atomic mass is 9.96. The minimum absolute atomic E-state index is 0.197. The number of aliphatic hydroxyl groups is 1. The minimum Gasteiger partial charge on any atom is -0.384 e. The molecule has 2 heterocycles. The first-order valence-corrected chi connectivity index (χ1v) is 8.82. The lowest BCUT2D eigenvalue weighted by Gasteiger charge is -2.15. The van der Waals surface area contributed by atoms with E-state index in [2.05, 4.69) is 15.1 Å². The minimum atomic E-state index is -1.21. The molecule has 30 heavy (non-hydrogen) atoms. The van der Waals surface area contributed by atoms with Crippen LogP contribution in [0.25, 0.3) is 28.2 Å². The molecule has 0 unspecified atom stereocenters. The van der Waals surface area contributed by atoms with Gasteiger partial charge in [0.2, 0.25) is 0 Å². The van der Waals surface area contributed by atoms with Crippen LogP contribution in [0.4, 0.5) is 13.2 Å². The summed E-state index contributed by atoms with van der Waals surface area (Å²) in [6.45, 7) is 3.13. The second kappa shape index (κ2) is 6.93. The molecule has 0 spiro atoms. The second-order valence-corrected chi connectivity index (χ2v) is 7.17. The number of imidazole rings is 1. The van der Waals surface area contributed by atoms with Gasteiger partial charge in [0.25, 0.3) is 5.78 Å². The van der Waals surface area contributed by atoms with Gasteiger partial charge < -0.3 is 5.11 Å². The fourth-order valence-corrected chi connectivity index (χ4v) is 3.08. The molecular weight excluding hydrogens is 395 g/mol. The number of nitriles is 1. The first-order chi connectivity index (χ1) is 14.2. The quantitative estimate of drug-likeness (QED) is 0.553. The van der Waals surface area contributed by atoms with Gasteiger partial charge in [-0.1, -0.05) is 0 Å². The molecule has 0 fully saturated rings. The highest BCUT2D eigenvalue weighted by atomic mass is 19.1. The Morgan fingerprint density at radius 3 is 2.53 bits per heavy atom. The normalized spacial score (nSPS) is 11.6. The van der Waals surface area contributed by atoms with Crippen LogP contribution >= 0.6 is 0 Å². The highest BCUT2D eigenvalue weighted by Crippen LogP contribution is 2.33. The van der Waals surface area contributed by atoms with Gasteiger partial charge in [-0.3, -0.25) is 0 Å². The van der Waals surface area contributed by atoms with Gasteiger partial charge in [-0.15, -0.1) is 0 Å². The van der Waals surface area contributed by atoms with E-state index in [9.17, 15) is 23.5 Å². The maximum Gasteiger partial charge on any atom is 0.251 e. The van der Waals surface area contributed by atoms with Crippen LogP contribution in [0.3, 0.4) is 0 Å². The fraction of sp³-hybridized carbons (Fsp3) is 0.143. The summed E-state index contributed by atoms with van der Waals surface area (Å²) in [4.78, 5) is 8.43. The molecule has 0 saturated heterocycles. The number of fused-ring (bicyclic) bond motifs is 1. The second-order valence-electron chi connectivity index (χ2n) is 7.17. The first kappa shape index (κ1) is 19.5. The summed E-state index contributed by atoms with van der Waals surface area (Å²) in [5.74, 6) is -2.54. The van der Waals surface area contributed by atoms with Gasteiger partial charge in [-0.25, -0.2) is 23.1 Å². The summed E-state index contributed by atoms with van der Waals surface area (Å²) < 4.78 is 43.8. The third-order valence-electron chi connectivity index (χ3n) is 4.57. The maximum absolute atomic E-state index is 14.5. The van der Waals surface area contributed by atoms with Crippen molar-refractivity contribution in [2.45, 2.75) is 19.4 Å². The van der Waals surface area contributed by atoms with Crippen molar-refractivity contribution in [1.29, 1.82) is 5.26 Å². The molecule has 0 bridgehead atoms. The van der Waals surface area contributed by atoms with Gasteiger partial charge in [0.1, 0.15) is 23.1 Å². The summed E-state index contributed by atoms with van der Waals surface area (Å²) in [6, 6.07) is 7.04. The number of halogens is 3. The van der Waals surface area contributed by atoms with Crippen LogP contribution in [-0.4, -0.2) is 24.7 Å². The molecule has 0 aliphatic heterocycles. The lowest BCUT2D eigenvalue weighted by molar-refractivity contribution is 0.0734. The Labute approximate surface area is 168 Å². The lowest BCUT2D eigenvalue weighted by Crippen LogP contribution is -2.19. The molecule has 150 valence electrons. The van der Waals surface area contributed by atoms with Crippen LogP contribution < -0.4 is 0 Å². The standard InChI is InChI=1S/C21H14F3N5O/c1-21(2,30)18-10-27-29-17(9-26-20(29)28-18)11-3-4-15(23)14(6-11)19-12(8-25)5-13(22)7-16(19)24/h3-7,9-10,30H,1-2H3. The van der Waals surface area contributed by atoms with E-state index >= 15 is 0 Å². The van der Waals surface area contributed by atoms with E-state index in [1.807, 2.05) is 0 Å². The molecule has 1 N–H and O–H groups in total. The van der Waals surface area contributed by atoms with Gasteiger partial charge in [0.15, 0.2) is 0 Å². The number of aromatic nitrogens is 4. The molecule has 2 aromatic heterocycles. The van der Waals surface area contributed by atoms with Crippen LogP contribution in [0, 0.1) is 28.8 Å². The van der Waals surface area contributed by atoms with E-state index in [1.165, 1.54) is 29.0 Å². The predicted octanol–water partition coefficient (Wildman–Crippen LogP) is 3.97. The van der Waals surface area contributed by atoms with Crippen LogP contribution in [-0.2, 0) is 5.60 Å². The van der Waals surface area contributed by atoms with Gasteiger partial charge in [-0.05, 0) is 38.1 Å². The molecule has 4 aromatic rings. The number of hydrogen-bond donors (Lipinski definition) is 1. The summed E-state index contributed by atoms with van der Waals surface area (Å²) >= 11 is 0. The monoisotopic (exact) mass is 409 g/mol. The van der Waals surface area contributed by atoms with Gasteiger partial charge >= 0.3 is 0 Å². The number of rotatable bonds is 3. The number of nitrogens with zero attached hydrogens (tertiary/aromatic N) is 5. The van der Waals surface area contributed by atoms with Crippen molar-refractivity contribution < 1.29 is 18.3 Å². The largest absolute Gasteiger partial charge is 0.384 e. The Hall–Kier alpha value is -3.77. The zero-order chi connectivity index (χ0) is 21.6. The Bertz CT molecular complexity index is 1340. The number of hydrogen-bond acceptors (Lipinski definition) is 5. The summed E-state index contributed by atoms with van der Waals surface area (Å²) in [6.07, 6.45) is 2.84. The van der Waals surface area contributed by atoms with Crippen molar-refractivity contribution in [3.8, 4) is 28.5 Å². The van der Waals surface area contributed by atoms with Crippen molar-refractivity contribution in [2.75, 3.05) is 0 Å². The van der Waals surface area contributed by atoms with Crippen molar-refractivity contribution in [1.82, 2.24) is 19.6 Å². The average Bonchev–Trinajstić information content (AvgIpc) is 3.11. The van der Waals surface area contributed by atoms with Crippen LogP contribution in [0.1, 0.15) is 25.1 Å². The zero-order valence-electron chi connectivity index (χ0n) is 15.9. The fourth-order valence-electron chi connectivity index (χ4n) is 3.08.